The first-order chi connectivity index (χ1) is 16.5. The van der Waals surface area contributed by atoms with Crippen molar-refractivity contribution in [1.82, 2.24) is 0 Å². The number of benzene rings is 4. The van der Waals surface area contributed by atoms with Crippen molar-refractivity contribution >= 4 is 10.8 Å². The molecule has 0 aromatic heterocycles. The van der Waals surface area contributed by atoms with E-state index in [9.17, 15) is 5.11 Å². The maximum absolute atomic E-state index is 11.3. The molecule has 3 aliphatic carbocycles. The van der Waals surface area contributed by atoms with Gasteiger partial charge in [0, 0.05) is 16.4 Å². The van der Waals surface area contributed by atoms with E-state index < -0.39 is 0 Å². The third-order valence-electron chi connectivity index (χ3n) is 9.05. The smallest absolute Gasteiger partial charge is 0.127 e. The van der Waals surface area contributed by atoms with Crippen LogP contribution >= 0.6 is 0 Å². The van der Waals surface area contributed by atoms with E-state index >= 15 is 0 Å². The number of phenolic OH excluding ortho intramolecular Hbond substituents is 1. The van der Waals surface area contributed by atoms with Gasteiger partial charge in [0.2, 0.25) is 0 Å². The number of aryl methyl sites for hydroxylation is 2. The molecule has 0 amide bonds. The first-order valence-corrected chi connectivity index (χ1v) is 12.6. The lowest BCUT2D eigenvalue weighted by Crippen LogP contribution is -2.31. The molecule has 1 spiro atoms. The molecule has 4 aromatic carbocycles. The van der Waals surface area contributed by atoms with Crippen LogP contribution < -0.4 is 4.74 Å². The van der Waals surface area contributed by atoms with Gasteiger partial charge in [-0.1, -0.05) is 60.0 Å². The van der Waals surface area contributed by atoms with Gasteiger partial charge in [-0.3, -0.25) is 0 Å². The van der Waals surface area contributed by atoms with Crippen LogP contribution in [0.4, 0.5) is 0 Å². The van der Waals surface area contributed by atoms with Crippen LogP contribution in [0.2, 0.25) is 0 Å². The zero-order chi connectivity index (χ0) is 23.2. The number of aromatic hydroxyl groups is 1. The molecule has 3 unspecified atom stereocenters. The highest BCUT2D eigenvalue weighted by Gasteiger charge is 2.57. The zero-order valence-electron chi connectivity index (χ0n) is 20.1. The van der Waals surface area contributed by atoms with E-state index in [4.69, 9.17) is 4.74 Å². The molecule has 2 saturated carbocycles. The van der Waals surface area contributed by atoms with Crippen LogP contribution in [-0.4, -0.2) is 12.2 Å². The van der Waals surface area contributed by atoms with Gasteiger partial charge in [0.1, 0.15) is 11.5 Å². The van der Waals surface area contributed by atoms with Gasteiger partial charge in [-0.15, -0.1) is 0 Å². The molecular weight excluding hydrogens is 416 g/mol. The molecule has 2 fully saturated rings. The van der Waals surface area contributed by atoms with E-state index in [1.165, 1.54) is 59.1 Å². The molecule has 2 nitrogen and oxygen atoms in total. The second-order valence-corrected chi connectivity index (χ2v) is 10.9. The Morgan fingerprint density at radius 2 is 1.62 bits per heavy atom. The lowest BCUT2D eigenvalue weighted by molar-refractivity contribution is 0.326. The van der Waals surface area contributed by atoms with Gasteiger partial charge in [0.25, 0.3) is 0 Å². The van der Waals surface area contributed by atoms with E-state index in [0.29, 0.717) is 11.7 Å². The quantitative estimate of drug-likeness (QED) is 0.339. The first kappa shape index (κ1) is 20.1. The van der Waals surface area contributed by atoms with Crippen LogP contribution in [0.3, 0.4) is 0 Å². The molecule has 3 aliphatic rings. The highest BCUT2D eigenvalue weighted by Crippen LogP contribution is 2.67. The maximum atomic E-state index is 11.3. The van der Waals surface area contributed by atoms with E-state index in [-0.39, 0.29) is 5.41 Å². The second-order valence-electron chi connectivity index (χ2n) is 10.9. The summed E-state index contributed by atoms with van der Waals surface area (Å²) < 4.78 is 5.82. The van der Waals surface area contributed by atoms with Crippen LogP contribution in [-0.2, 0) is 5.41 Å². The Balaban J connectivity index is 1.58. The molecule has 0 saturated heterocycles. The Hall–Kier alpha value is -3.26. The van der Waals surface area contributed by atoms with E-state index in [2.05, 4.69) is 68.4 Å². The molecule has 3 atom stereocenters. The predicted molar refractivity (Wildman–Crippen MR) is 139 cm³/mol. The minimum Gasteiger partial charge on any atom is -0.507 e. The maximum Gasteiger partial charge on any atom is 0.127 e. The fourth-order valence-electron chi connectivity index (χ4n) is 7.58. The lowest BCUT2D eigenvalue weighted by Gasteiger charge is -2.36. The van der Waals surface area contributed by atoms with Crippen LogP contribution in [0.25, 0.3) is 33.0 Å². The van der Waals surface area contributed by atoms with Crippen molar-refractivity contribution in [3.05, 3.63) is 82.9 Å². The van der Waals surface area contributed by atoms with Crippen LogP contribution in [0.5, 0.6) is 11.5 Å². The predicted octanol–water partition coefficient (Wildman–Crippen LogP) is 7.92. The molecule has 34 heavy (non-hydrogen) atoms. The van der Waals surface area contributed by atoms with Crippen LogP contribution in [0.1, 0.15) is 47.9 Å². The lowest BCUT2D eigenvalue weighted by atomic mass is 9.66. The van der Waals surface area contributed by atoms with Gasteiger partial charge in [-0.25, -0.2) is 0 Å². The van der Waals surface area contributed by atoms with Crippen LogP contribution in [0.15, 0.2) is 60.7 Å². The summed E-state index contributed by atoms with van der Waals surface area (Å²) in [5, 5.41) is 13.4. The number of ether oxygens (including phenoxy) is 1. The third kappa shape index (κ3) is 2.52. The molecule has 4 aromatic rings. The summed E-state index contributed by atoms with van der Waals surface area (Å²) in [7, 11) is 1.71. The van der Waals surface area contributed by atoms with Gasteiger partial charge >= 0.3 is 0 Å². The third-order valence-corrected chi connectivity index (χ3v) is 9.05. The van der Waals surface area contributed by atoms with Crippen molar-refractivity contribution in [2.24, 2.45) is 11.8 Å². The average molecular weight is 447 g/mol. The summed E-state index contributed by atoms with van der Waals surface area (Å²) in [6.07, 6.45) is 5.20. The molecule has 2 bridgehead atoms. The molecule has 0 radical (unpaired) electrons. The van der Waals surface area contributed by atoms with E-state index in [0.717, 1.165) is 33.6 Å². The Bertz CT molecular complexity index is 1480. The number of hydrogen-bond donors (Lipinski definition) is 1. The molecule has 0 aliphatic heterocycles. The Morgan fingerprint density at radius 1 is 0.824 bits per heavy atom. The number of phenols is 1. The van der Waals surface area contributed by atoms with Gasteiger partial charge in [-0.05, 0) is 96.3 Å². The SMILES string of the molecule is COc1cc2c(O)cc3c(c2cc1-c1ccc(C)cc1)-c1ccc(C)cc1C31CC2CCC1C2. The van der Waals surface area contributed by atoms with Crippen molar-refractivity contribution in [1.29, 1.82) is 0 Å². The standard InChI is InChI=1S/C32H30O2/c1-18-4-8-21(9-5-18)24-14-26-25(15-30(24)34-3)29(33)16-28-31(26)23-11-6-19(2)12-27(23)32(28)17-20-7-10-22(32)13-20/h4-6,8-9,11-12,14-16,20,22,33H,7,10,13,17H2,1-3H3. The minimum atomic E-state index is 0.0508. The van der Waals surface area contributed by atoms with Gasteiger partial charge in [0.05, 0.1) is 7.11 Å². The molecule has 2 heteroatoms. The molecule has 170 valence electrons. The largest absolute Gasteiger partial charge is 0.507 e. The van der Waals surface area contributed by atoms with Crippen molar-refractivity contribution in [2.45, 2.75) is 44.9 Å². The highest BCUT2D eigenvalue weighted by molar-refractivity contribution is 6.08. The van der Waals surface area contributed by atoms with Crippen molar-refractivity contribution in [3.63, 3.8) is 0 Å². The Kier molecular flexibility index (Phi) is 4.08. The summed E-state index contributed by atoms with van der Waals surface area (Å²) in [4.78, 5) is 0. The summed E-state index contributed by atoms with van der Waals surface area (Å²) in [6.45, 7) is 4.32. The average Bonchev–Trinajstić information content (AvgIpc) is 3.52. The van der Waals surface area contributed by atoms with Gasteiger partial charge in [0.15, 0.2) is 0 Å². The van der Waals surface area contributed by atoms with E-state index in [1.54, 1.807) is 7.11 Å². The molecular formula is C32H30O2. The zero-order valence-corrected chi connectivity index (χ0v) is 20.1. The van der Waals surface area contributed by atoms with Crippen molar-refractivity contribution < 1.29 is 9.84 Å². The monoisotopic (exact) mass is 446 g/mol. The van der Waals surface area contributed by atoms with Gasteiger partial charge in [-0.2, -0.15) is 0 Å². The van der Waals surface area contributed by atoms with Crippen LogP contribution in [0, 0.1) is 25.7 Å². The van der Waals surface area contributed by atoms with Crippen molar-refractivity contribution in [3.8, 4) is 33.8 Å². The minimum absolute atomic E-state index is 0.0508. The summed E-state index contributed by atoms with van der Waals surface area (Å²) in [5.74, 6) is 2.64. The summed E-state index contributed by atoms with van der Waals surface area (Å²) >= 11 is 0. The molecule has 0 heterocycles. The molecule has 1 N–H and O–H groups in total. The van der Waals surface area contributed by atoms with Crippen molar-refractivity contribution in [2.75, 3.05) is 7.11 Å². The number of methoxy groups -OCH3 is 1. The van der Waals surface area contributed by atoms with E-state index in [1.807, 2.05) is 6.07 Å². The fraction of sp³-hybridized carbons (Fsp3) is 0.312. The molecule has 7 rings (SSSR count). The summed E-state index contributed by atoms with van der Waals surface area (Å²) in [6, 6.07) is 22.0. The Labute approximate surface area is 201 Å². The second kappa shape index (κ2) is 6.88. The Morgan fingerprint density at radius 3 is 2.32 bits per heavy atom. The topological polar surface area (TPSA) is 29.5 Å². The number of rotatable bonds is 2. The number of hydrogen-bond acceptors (Lipinski definition) is 2. The number of fused-ring (bicyclic) bond motifs is 10. The highest BCUT2D eigenvalue weighted by atomic mass is 16.5. The normalized spacial score (nSPS) is 24.1. The van der Waals surface area contributed by atoms with Gasteiger partial charge < -0.3 is 9.84 Å². The first-order valence-electron chi connectivity index (χ1n) is 12.6. The fourth-order valence-corrected chi connectivity index (χ4v) is 7.58. The summed E-state index contributed by atoms with van der Waals surface area (Å²) in [5.41, 5.74) is 10.4.